The van der Waals surface area contributed by atoms with E-state index in [1.807, 2.05) is 32.2 Å². The van der Waals surface area contributed by atoms with Crippen molar-refractivity contribution in [3.63, 3.8) is 0 Å². The molecule has 2 aliphatic heterocycles. The van der Waals surface area contributed by atoms with E-state index in [4.69, 9.17) is 19.6 Å². The summed E-state index contributed by atoms with van der Waals surface area (Å²) in [6.45, 7) is 6.27. The number of ether oxygens (including phenoxy) is 2. The van der Waals surface area contributed by atoms with E-state index in [1.165, 1.54) is 6.08 Å². The molecule has 9 heteroatoms. The van der Waals surface area contributed by atoms with Gasteiger partial charge in [0.1, 0.15) is 25.2 Å². The molecule has 0 bridgehead atoms. The van der Waals surface area contributed by atoms with Crippen molar-refractivity contribution in [3.8, 4) is 5.75 Å². The number of aliphatic hydroxyl groups excluding tert-OH is 1. The lowest BCUT2D eigenvalue weighted by Gasteiger charge is -2.24. The standard InChI is InChI=1S/C28H30N2O6.CH4O/c1-5-16(27(32)33)14-35-18-8-9-24-22(10-18)19(6-2)23-12-30(4)25(26(23)29-24)11-21-17(13-31)15-36-28(34)20(21)7-3;1-2/h5,8-11,13,20H,6-7,12,14-15H2,1-4H3,(H,32,33);2H,1H3/b16-5+,25-11-;. The molecule has 0 aliphatic carbocycles. The van der Waals surface area contributed by atoms with Crippen LogP contribution in [0, 0.1) is 5.92 Å². The number of carboxylic acids is 1. The Hall–Kier alpha value is -3.98. The van der Waals surface area contributed by atoms with E-state index in [9.17, 15) is 19.5 Å². The first kappa shape index (κ1) is 28.6. The van der Waals surface area contributed by atoms with Crippen LogP contribution in [0.3, 0.4) is 0 Å². The third-order valence-corrected chi connectivity index (χ3v) is 6.84. The monoisotopic (exact) mass is 522 g/mol. The highest BCUT2D eigenvalue weighted by Gasteiger charge is 2.32. The van der Waals surface area contributed by atoms with Gasteiger partial charge in [0, 0.05) is 37.2 Å². The van der Waals surface area contributed by atoms with Gasteiger partial charge >= 0.3 is 11.9 Å². The minimum atomic E-state index is -1.00. The normalized spacial score (nSPS) is 18.2. The molecule has 0 saturated carbocycles. The second-order valence-electron chi connectivity index (χ2n) is 8.91. The third kappa shape index (κ3) is 5.47. The number of carbonyl (C=O) groups excluding carboxylic acids is 2. The molecule has 0 fully saturated rings. The number of aliphatic hydroxyl groups is 1. The molecule has 2 N–H and O–H groups in total. The number of cyclic esters (lactones) is 1. The number of aryl methyl sites for hydroxylation is 1. The Morgan fingerprint density at radius 2 is 2.03 bits per heavy atom. The first-order valence-electron chi connectivity index (χ1n) is 12.5. The van der Waals surface area contributed by atoms with Gasteiger partial charge in [-0.3, -0.25) is 9.59 Å². The molecule has 0 amide bonds. The van der Waals surface area contributed by atoms with Crippen LogP contribution in [0.5, 0.6) is 5.75 Å². The fourth-order valence-electron chi connectivity index (χ4n) is 4.85. The molecule has 9 nitrogen and oxygen atoms in total. The molecule has 0 saturated heterocycles. The molecule has 1 aromatic carbocycles. The molecule has 202 valence electrons. The van der Waals surface area contributed by atoms with E-state index >= 15 is 0 Å². The Balaban J connectivity index is 0.00000195. The predicted octanol–water partition coefficient (Wildman–Crippen LogP) is 3.68. The van der Waals surface area contributed by atoms with Crippen molar-refractivity contribution in [2.75, 3.05) is 27.4 Å². The van der Waals surface area contributed by atoms with Crippen LogP contribution < -0.4 is 4.74 Å². The van der Waals surface area contributed by atoms with Crippen LogP contribution in [-0.4, -0.2) is 65.7 Å². The van der Waals surface area contributed by atoms with Crippen molar-refractivity contribution in [2.45, 2.75) is 40.2 Å². The summed E-state index contributed by atoms with van der Waals surface area (Å²) in [7, 11) is 2.97. The summed E-state index contributed by atoms with van der Waals surface area (Å²) in [5.41, 5.74) is 6.10. The molecule has 2 aromatic rings. The first-order chi connectivity index (χ1) is 18.3. The number of hydrogen-bond donors (Lipinski definition) is 2. The second kappa shape index (κ2) is 12.5. The first-order valence-corrected chi connectivity index (χ1v) is 12.5. The van der Waals surface area contributed by atoms with Gasteiger partial charge in [0.05, 0.1) is 28.4 Å². The minimum Gasteiger partial charge on any atom is -0.489 e. The fourth-order valence-corrected chi connectivity index (χ4v) is 4.85. The van der Waals surface area contributed by atoms with E-state index in [0.717, 1.165) is 53.2 Å². The van der Waals surface area contributed by atoms with Gasteiger partial charge in [-0.05, 0) is 55.2 Å². The Morgan fingerprint density at radius 1 is 1.29 bits per heavy atom. The van der Waals surface area contributed by atoms with Crippen molar-refractivity contribution in [1.29, 1.82) is 0 Å². The lowest BCUT2D eigenvalue weighted by atomic mass is 9.89. The van der Waals surface area contributed by atoms with Gasteiger partial charge in [-0.2, -0.15) is 0 Å². The number of benzene rings is 1. The average Bonchev–Trinajstić information content (AvgIpc) is 3.23. The molecule has 4 rings (SSSR count). The van der Waals surface area contributed by atoms with E-state index in [1.54, 1.807) is 13.0 Å². The summed E-state index contributed by atoms with van der Waals surface area (Å²) in [4.78, 5) is 42.4. The van der Waals surface area contributed by atoms with E-state index in [0.29, 0.717) is 29.9 Å². The summed E-state index contributed by atoms with van der Waals surface area (Å²) < 4.78 is 11.0. The number of allylic oxidation sites excluding steroid dienone is 2. The maximum Gasteiger partial charge on any atom is 0.334 e. The number of aldehydes is 1. The highest BCUT2D eigenvalue weighted by atomic mass is 16.5. The van der Waals surface area contributed by atoms with Gasteiger partial charge in [-0.1, -0.05) is 19.9 Å². The number of pyridine rings is 1. The minimum absolute atomic E-state index is 0.0144. The number of nitrogens with zero attached hydrogens (tertiary/aromatic N) is 2. The number of carboxylic acid groups (broad SMARTS) is 1. The SMILES string of the molecule is C/C=C(\COc1ccc2nc3c(c(CC)c2c1)CN(C)/C3=C\C1=C(C=O)COC(=O)C1CC)C(=O)O.CO. The molecule has 1 unspecified atom stereocenters. The van der Waals surface area contributed by atoms with Crippen molar-refractivity contribution in [3.05, 3.63) is 63.9 Å². The van der Waals surface area contributed by atoms with Crippen LogP contribution in [-0.2, 0) is 32.1 Å². The van der Waals surface area contributed by atoms with Crippen molar-refractivity contribution < 1.29 is 34.1 Å². The highest BCUT2D eigenvalue weighted by Crippen LogP contribution is 2.39. The summed E-state index contributed by atoms with van der Waals surface area (Å²) in [5.74, 6) is -1.22. The van der Waals surface area contributed by atoms with Gasteiger partial charge in [-0.25, -0.2) is 9.78 Å². The van der Waals surface area contributed by atoms with Crippen LogP contribution in [0.25, 0.3) is 16.6 Å². The topological polar surface area (TPSA) is 126 Å². The van der Waals surface area contributed by atoms with Crippen LogP contribution in [0.2, 0.25) is 0 Å². The van der Waals surface area contributed by atoms with E-state index < -0.39 is 11.9 Å². The predicted molar refractivity (Wildman–Crippen MR) is 143 cm³/mol. The fraction of sp³-hybridized carbons (Fsp3) is 0.379. The van der Waals surface area contributed by atoms with Crippen molar-refractivity contribution >= 4 is 34.8 Å². The molecule has 38 heavy (non-hydrogen) atoms. The number of hydrogen-bond acceptors (Lipinski definition) is 8. The molecule has 0 spiro atoms. The third-order valence-electron chi connectivity index (χ3n) is 6.84. The summed E-state index contributed by atoms with van der Waals surface area (Å²) in [5, 5.41) is 17.2. The maximum atomic E-state index is 12.4. The van der Waals surface area contributed by atoms with Crippen LogP contribution in [0.15, 0.2) is 47.1 Å². The van der Waals surface area contributed by atoms with E-state index in [-0.39, 0.29) is 24.8 Å². The van der Waals surface area contributed by atoms with E-state index in [2.05, 4.69) is 11.8 Å². The van der Waals surface area contributed by atoms with Gasteiger partial charge in [0.15, 0.2) is 0 Å². The lowest BCUT2D eigenvalue weighted by Crippen LogP contribution is -2.27. The van der Waals surface area contributed by atoms with Crippen LogP contribution in [0.4, 0.5) is 0 Å². The second-order valence-corrected chi connectivity index (χ2v) is 8.91. The van der Waals surface area contributed by atoms with Crippen molar-refractivity contribution in [2.24, 2.45) is 5.92 Å². The van der Waals surface area contributed by atoms with Gasteiger partial charge in [0.25, 0.3) is 0 Å². The Morgan fingerprint density at radius 3 is 2.63 bits per heavy atom. The number of aliphatic carboxylic acids is 1. The Kier molecular flexibility index (Phi) is 9.41. The zero-order chi connectivity index (χ0) is 28.0. The maximum absolute atomic E-state index is 12.4. The van der Waals surface area contributed by atoms with Crippen LogP contribution in [0.1, 0.15) is 44.0 Å². The zero-order valence-corrected chi connectivity index (χ0v) is 22.4. The molecule has 1 aromatic heterocycles. The molecule has 0 radical (unpaired) electrons. The average molecular weight is 523 g/mol. The number of carbonyl (C=O) groups is 3. The summed E-state index contributed by atoms with van der Waals surface area (Å²) >= 11 is 0. The molecular formula is C29H34N2O7. The van der Waals surface area contributed by atoms with Crippen LogP contribution >= 0.6 is 0 Å². The molecule has 3 heterocycles. The van der Waals surface area contributed by atoms with Crippen molar-refractivity contribution in [1.82, 2.24) is 9.88 Å². The molecule has 1 atom stereocenters. The number of rotatable bonds is 8. The number of esters is 1. The Bertz CT molecular complexity index is 1340. The molecule has 2 aliphatic rings. The number of aromatic nitrogens is 1. The molecular weight excluding hydrogens is 488 g/mol. The number of fused-ring (bicyclic) bond motifs is 2. The lowest BCUT2D eigenvalue weighted by molar-refractivity contribution is -0.147. The van der Waals surface area contributed by atoms with Gasteiger partial charge in [0.2, 0.25) is 0 Å². The Labute approximate surface area is 222 Å². The van der Waals surface area contributed by atoms with Gasteiger partial charge in [-0.15, -0.1) is 0 Å². The smallest absolute Gasteiger partial charge is 0.334 e. The highest BCUT2D eigenvalue weighted by molar-refractivity contribution is 5.91. The summed E-state index contributed by atoms with van der Waals surface area (Å²) in [6.07, 6.45) is 5.53. The van der Waals surface area contributed by atoms with Gasteiger partial charge < -0.3 is 24.6 Å². The largest absolute Gasteiger partial charge is 0.489 e. The summed E-state index contributed by atoms with van der Waals surface area (Å²) in [6, 6.07) is 5.57. The quantitative estimate of drug-likeness (QED) is 0.303. The zero-order valence-electron chi connectivity index (χ0n) is 22.4.